The first-order valence-electron chi connectivity index (χ1n) is 6.19. The Kier molecular flexibility index (Phi) is 3.76. The third kappa shape index (κ3) is 2.72. The smallest absolute Gasteiger partial charge is 0.0930 e. The van der Waals surface area contributed by atoms with E-state index in [-0.39, 0.29) is 0 Å². The predicted molar refractivity (Wildman–Crippen MR) is 89.5 cm³/mol. The van der Waals surface area contributed by atoms with Gasteiger partial charge in [0.2, 0.25) is 0 Å². The molecule has 0 saturated carbocycles. The topological polar surface area (TPSA) is 17.8 Å². The molecule has 0 fully saturated rings. The van der Waals surface area contributed by atoms with Gasteiger partial charge in [-0.2, -0.15) is 5.10 Å². The van der Waals surface area contributed by atoms with Crippen molar-refractivity contribution in [1.82, 2.24) is 9.78 Å². The highest BCUT2D eigenvalue weighted by atomic mass is 79.9. The quantitative estimate of drug-likeness (QED) is 0.581. The van der Waals surface area contributed by atoms with Crippen LogP contribution in [0.2, 0.25) is 0 Å². The molecule has 0 atom stereocenters. The van der Waals surface area contributed by atoms with Crippen LogP contribution in [0.15, 0.2) is 63.5 Å². The van der Waals surface area contributed by atoms with E-state index < -0.39 is 0 Å². The van der Waals surface area contributed by atoms with E-state index >= 15 is 0 Å². The van der Waals surface area contributed by atoms with Gasteiger partial charge in [0.15, 0.2) is 0 Å². The zero-order valence-corrected chi connectivity index (χ0v) is 14.0. The van der Waals surface area contributed by atoms with Crippen molar-refractivity contribution in [2.45, 2.75) is 0 Å². The Balaban J connectivity index is 2.08. The van der Waals surface area contributed by atoms with Gasteiger partial charge in [-0.05, 0) is 30.3 Å². The van der Waals surface area contributed by atoms with Crippen molar-refractivity contribution < 1.29 is 0 Å². The minimum atomic E-state index is 0.976. The van der Waals surface area contributed by atoms with E-state index in [0.29, 0.717) is 0 Å². The van der Waals surface area contributed by atoms with Crippen LogP contribution in [0.3, 0.4) is 0 Å². The Morgan fingerprint density at radius 3 is 2.10 bits per heavy atom. The molecule has 0 spiro atoms. The molecule has 2 aromatic carbocycles. The van der Waals surface area contributed by atoms with Crippen LogP contribution in [0, 0.1) is 0 Å². The van der Waals surface area contributed by atoms with E-state index in [9.17, 15) is 0 Å². The largest absolute Gasteiger partial charge is 0.267 e. The van der Waals surface area contributed by atoms with Gasteiger partial charge in [0.25, 0.3) is 0 Å². The van der Waals surface area contributed by atoms with Gasteiger partial charge in [0.1, 0.15) is 0 Å². The molecule has 20 heavy (non-hydrogen) atoms. The first kappa shape index (κ1) is 13.6. The number of aromatic nitrogens is 2. The van der Waals surface area contributed by atoms with E-state index in [4.69, 9.17) is 0 Å². The minimum absolute atomic E-state index is 0.976. The molecule has 3 rings (SSSR count). The SMILES string of the molecule is Cn1nc(-c2cccc(Br)c2)cc1-c1cccc(Br)c1. The molecule has 0 amide bonds. The van der Waals surface area contributed by atoms with Gasteiger partial charge in [-0.1, -0.05) is 56.1 Å². The van der Waals surface area contributed by atoms with Crippen LogP contribution >= 0.6 is 31.9 Å². The molecule has 2 nitrogen and oxygen atoms in total. The number of halogens is 2. The number of hydrogen-bond acceptors (Lipinski definition) is 1. The average Bonchev–Trinajstić information content (AvgIpc) is 2.81. The molecule has 1 heterocycles. The van der Waals surface area contributed by atoms with Gasteiger partial charge in [0.05, 0.1) is 11.4 Å². The molecule has 0 aliphatic rings. The Hall–Kier alpha value is -1.39. The molecule has 0 aliphatic heterocycles. The summed E-state index contributed by atoms with van der Waals surface area (Å²) in [5, 5.41) is 4.61. The maximum Gasteiger partial charge on any atom is 0.0930 e. The standard InChI is InChI=1S/C16H12Br2N2/c1-20-16(12-5-3-7-14(18)9-12)10-15(19-20)11-4-2-6-13(17)8-11/h2-10H,1H3. The maximum atomic E-state index is 4.61. The maximum absolute atomic E-state index is 4.61. The monoisotopic (exact) mass is 390 g/mol. The zero-order chi connectivity index (χ0) is 14.1. The van der Waals surface area contributed by atoms with Crippen molar-refractivity contribution in [3.63, 3.8) is 0 Å². The molecule has 1 aromatic heterocycles. The highest BCUT2D eigenvalue weighted by molar-refractivity contribution is 9.10. The van der Waals surface area contributed by atoms with Crippen LogP contribution in [0.1, 0.15) is 0 Å². The van der Waals surface area contributed by atoms with E-state index in [2.05, 4.69) is 67.3 Å². The molecule has 0 aliphatic carbocycles. The highest BCUT2D eigenvalue weighted by Gasteiger charge is 2.09. The van der Waals surface area contributed by atoms with Crippen LogP contribution in [-0.4, -0.2) is 9.78 Å². The fraction of sp³-hybridized carbons (Fsp3) is 0.0625. The van der Waals surface area contributed by atoms with Gasteiger partial charge < -0.3 is 0 Å². The lowest BCUT2D eigenvalue weighted by Crippen LogP contribution is -1.93. The molecule has 3 aromatic rings. The summed E-state index contributed by atoms with van der Waals surface area (Å²) in [7, 11) is 1.97. The van der Waals surface area contributed by atoms with Crippen molar-refractivity contribution in [2.75, 3.05) is 0 Å². The van der Waals surface area contributed by atoms with Crippen LogP contribution < -0.4 is 0 Å². The third-order valence-electron chi connectivity index (χ3n) is 3.12. The molecule has 0 radical (unpaired) electrons. The fourth-order valence-electron chi connectivity index (χ4n) is 2.17. The van der Waals surface area contributed by atoms with Crippen molar-refractivity contribution in [3.8, 4) is 22.5 Å². The molecule has 4 heteroatoms. The molecule has 0 saturated heterocycles. The first-order chi connectivity index (χ1) is 9.63. The summed E-state index contributed by atoms with van der Waals surface area (Å²) in [5.74, 6) is 0. The molecular formula is C16H12Br2N2. The number of hydrogen-bond donors (Lipinski definition) is 0. The van der Waals surface area contributed by atoms with Crippen LogP contribution in [0.5, 0.6) is 0 Å². The second-order valence-electron chi connectivity index (χ2n) is 4.56. The average molecular weight is 392 g/mol. The van der Waals surface area contributed by atoms with Crippen LogP contribution in [0.4, 0.5) is 0 Å². The van der Waals surface area contributed by atoms with Crippen LogP contribution in [-0.2, 0) is 7.05 Å². The van der Waals surface area contributed by atoms with Crippen molar-refractivity contribution in [2.24, 2.45) is 7.05 Å². The number of aryl methyl sites for hydroxylation is 1. The number of rotatable bonds is 2. The predicted octanol–water partition coefficient (Wildman–Crippen LogP) is 5.28. The molecule has 0 N–H and O–H groups in total. The van der Waals surface area contributed by atoms with Crippen molar-refractivity contribution in [3.05, 3.63) is 63.5 Å². The summed E-state index contributed by atoms with van der Waals surface area (Å²) in [4.78, 5) is 0. The van der Waals surface area contributed by atoms with Crippen molar-refractivity contribution in [1.29, 1.82) is 0 Å². The summed E-state index contributed by atoms with van der Waals surface area (Å²) in [6.45, 7) is 0. The van der Waals surface area contributed by atoms with Gasteiger partial charge >= 0.3 is 0 Å². The Labute approximate surface area is 134 Å². The second kappa shape index (κ2) is 5.54. The van der Waals surface area contributed by atoms with Gasteiger partial charge in [-0.3, -0.25) is 4.68 Å². The minimum Gasteiger partial charge on any atom is -0.267 e. The van der Waals surface area contributed by atoms with Crippen LogP contribution in [0.25, 0.3) is 22.5 Å². The fourth-order valence-corrected chi connectivity index (χ4v) is 2.97. The number of benzene rings is 2. The van der Waals surface area contributed by atoms with Crippen molar-refractivity contribution >= 4 is 31.9 Å². The Morgan fingerprint density at radius 1 is 0.850 bits per heavy atom. The summed E-state index contributed by atoms with van der Waals surface area (Å²) in [5.41, 5.74) is 4.33. The van der Waals surface area contributed by atoms with Gasteiger partial charge in [-0.15, -0.1) is 0 Å². The van der Waals surface area contributed by atoms with E-state index in [1.54, 1.807) is 0 Å². The van der Waals surface area contributed by atoms with E-state index in [1.807, 2.05) is 36.0 Å². The molecule has 100 valence electrons. The summed E-state index contributed by atoms with van der Waals surface area (Å²) < 4.78 is 4.04. The molecular weight excluding hydrogens is 380 g/mol. The lowest BCUT2D eigenvalue weighted by Gasteiger charge is -2.01. The lowest BCUT2D eigenvalue weighted by atomic mass is 10.1. The van der Waals surface area contributed by atoms with E-state index in [1.165, 1.54) is 0 Å². The second-order valence-corrected chi connectivity index (χ2v) is 6.39. The third-order valence-corrected chi connectivity index (χ3v) is 4.11. The molecule has 0 unspecified atom stereocenters. The Morgan fingerprint density at radius 2 is 1.45 bits per heavy atom. The molecule has 0 bridgehead atoms. The van der Waals surface area contributed by atoms with E-state index in [0.717, 1.165) is 31.5 Å². The Bertz CT molecular complexity index is 763. The van der Waals surface area contributed by atoms with Gasteiger partial charge in [0, 0.05) is 27.1 Å². The van der Waals surface area contributed by atoms with Gasteiger partial charge in [-0.25, -0.2) is 0 Å². The zero-order valence-electron chi connectivity index (χ0n) is 10.8. The summed E-state index contributed by atoms with van der Waals surface area (Å²) in [6, 6.07) is 18.5. The lowest BCUT2D eigenvalue weighted by molar-refractivity contribution is 0.779. The highest BCUT2D eigenvalue weighted by Crippen LogP contribution is 2.28. The normalized spacial score (nSPS) is 10.8. The first-order valence-corrected chi connectivity index (χ1v) is 7.78. The number of nitrogens with zero attached hydrogens (tertiary/aromatic N) is 2. The summed E-state index contributed by atoms with van der Waals surface area (Å²) in [6.07, 6.45) is 0. The summed E-state index contributed by atoms with van der Waals surface area (Å²) >= 11 is 7.01.